The molecule has 1 aliphatic rings. The highest BCUT2D eigenvalue weighted by molar-refractivity contribution is 7.98. The van der Waals surface area contributed by atoms with Crippen molar-refractivity contribution in [2.24, 2.45) is 0 Å². The molecule has 26 heavy (non-hydrogen) atoms. The van der Waals surface area contributed by atoms with Gasteiger partial charge in [-0.2, -0.15) is 9.50 Å². The zero-order valence-electron chi connectivity index (χ0n) is 15.3. The number of aromatic nitrogens is 6. The molecule has 9 heteroatoms. The summed E-state index contributed by atoms with van der Waals surface area (Å²) in [5.41, 5.74) is 2.79. The highest BCUT2D eigenvalue weighted by atomic mass is 32.2. The number of piperazine rings is 1. The Morgan fingerprint density at radius 2 is 1.92 bits per heavy atom. The Morgan fingerprint density at radius 1 is 1.12 bits per heavy atom. The van der Waals surface area contributed by atoms with Gasteiger partial charge in [0.2, 0.25) is 11.1 Å². The first-order chi connectivity index (χ1) is 12.7. The molecule has 0 amide bonds. The van der Waals surface area contributed by atoms with Gasteiger partial charge in [-0.3, -0.25) is 0 Å². The third-order valence-corrected chi connectivity index (χ3v) is 5.33. The van der Waals surface area contributed by atoms with Crippen molar-refractivity contribution >= 4 is 23.5 Å². The molecule has 0 aromatic carbocycles. The summed E-state index contributed by atoms with van der Waals surface area (Å²) in [5, 5.41) is 5.21. The van der Waals surface area contributed by atoms with Gasteiger partial charge in [0.15, 0.2) is 0 Å². The topological polar surface area (TPSA) is 75.3 Å². The van der Waals surface area contributed by atoms with Crippen molar-refractivity contribution in [1.82, 2.24) is 34.4 Å². The maximum absolute atomic E-state index is 4.80. The first-order valence-corrected chi connectivity index (χ1v) is 9.99. The summed E-state index contributed by atoms with van der Waals surface area (Å²) in [5.74, 6) is 1.39. The second-order valence-electron chi connectivity index (χ2n) is 6.23. The van der Waals surface area contributed by atoms with Gasteiger partial charge in [0.05, 0.1) is 11.4 Å². The molecule has 0 unspecified atom stereocenters. The normalized spacial score (nSPS) is 15.7. The number of nitrogens with zero attached hydrogens (tertiary/aromatic N) is 8. The zero-order chi connectivity index (χ0) is 18.1. The summed E-state index contributed by atoms with van der Waals surface area (Å²) in [6.45, 7) is 9.31. The van der Waals surface area contributed by atoms with Crippen LogP contribution in [0.3, 0.4) is 0 Å². The van der Waals surface area contributed by atoms with Crippen molar-refractivity contribution < 1.29 is 0 Å². The zero-order valence-corrected chi connectivity index (χ0v) is 16.1. The molecule has 3 aromatic rings. The Morgan fingerprint density at radius 3 is 2.65 bits per heavy atom. The number of hydrogen-bond donors (Lipinski definition) is 0. The largest absolute Gasteiger partial charge is 0.338 e. The Kier molecular flexibility index (Phi) is 4.73. The molecule has 136 valence electrons. The molecule has 4 rings (SSSR count). The van der Waals surface area contributed by atoms with Crippen molar-refractivity contribution in [2.75, 3.05) is 43.9 Å². The predicted molar refractivity (Wildman–Crippen MR) is 103 cm³/mol. The van der Waals surface area contributed by atoms with Crippen molar-refractivity contribution in [2.45, 2.75) is 19.0 Å². The molecule has 0 saturated carbocycles. The SMILES string of the molecule is CCN1CCN(c2nccc(-c3cnc4nc(SC)nn4c3C)n2)CC1. The summed E-state index contributed by atoms with van der Waals surface area (Å²) in [7, 11) is 0. The summed E-state index contributed by atoms with van der Waals surface area (Å²) in [4.78, 5) is 22.8. The monoisotopic (exact) mass is 370 g/mol. The Bertz CT molecular complexity index is 916. The van der Waals surface area contributed by atoms with Gasteiger partial charge in [-0.15, -0.1) is 5.10 Å². The van der Waals surface area contributed by atoms with Crippen LogP contribution < -0.4 is 4.90 Å². The van der Waals surface area contributed by atoms with E-state index in [1.807, 2.05) is 31.6 Å². The van der Waals surface area contributed by atoms with E-state index >= 15 is 0 Å². The van der Waals surface area contributed by atoms with Gasteiger partial charge in [0.1, 0.15) is 0 Å². The number of thioether (sulfide) groups is 1. The molecular formula is C17H22N8S. The minimum Gasteiger partial charge on any atom is -0.338 e. The molecule has 0 spiro atoms. The molecule has 3 aromatic heterocycles. The van der Waals surface area contributed by atoms with Gasteiger partial charge < -0.3 is 9.80 Å². The molecule has 1 aliphatic heterocycles. The highest BCUT2D eigenvalue weighted by Gasteiger charge is 2.19. The third-order valence-electron chi connectivity index (χ3n) is 4.79. The van der Waals surface area contributed by atoms with E-state index in [0.717, 1.165) is 60.8 Å². The molecule has 8 nitrogen and oxygen atoms in total. The predicted octanol–water partition coefficient (Wildman–Crippen LogP) is 1.75. The van der Waals surface area contributed by atoms with Crippen molar-refractivity contribution in [3.05, 3.63) is 24.2 Å². The van der Waals surface area contributed by atoms with Gasteiger partial charge in [-0.25, -0.2) is 15.0 Å². The van der Waals surface area contributed by atoms with Crippen LogP contribution in [0.15, 0.2) is 23.6 Å². The third kappa shape index (κ3) is 3.12. The summed E-state index contributed by atoms with van der Waals surface area (Å²) in [6.07, 6.45) is 5.60. The summed E-state index contributed by atoms with van der Waals surface area (Å²) < 4.78 is 1.78. The van der Waals surface area contributed by atoms with Gasteiger partial charge in [-0.05, 0) is 25.8 Å². The first kappa shape index (κ1) is 17.2. The molecule has 0 aliphatic carbocycles. The fraction of sp³-hybridized carbons (Fsp3) is 0.471. The second kappa shape index (κ2) is 7.16. The van der Waals surface area contributed by atoms with E-state index in [4.69, 9.17) is 4.98 Å². The van der Waals surface area contributed by atoms with Gasteiger partial charge in [-0.1, -0.05) is 18.7 Å². The smallest absolute Gasteiger partial charge is 0.253 e. The molecule has 0 N–H and O–H groups in total. The highest BCUT2D eigenvalue weighted by Crippen LogP contribution is 2.23. The first-order valence-electron chi connectivity index (χ1n) is 8.76. The van der Waals surface area contributed by atoms with Crippen LogP contribution in [0.25, 0.3) is 17.0 Å². The molecule has 1 saturated heterocycles. The quantitative estimate of drug-likeness (QED) is 0.643. The molecule has 0 radical (unpaired) electrons. The minimum atomic E-state index is 0.612. The Balaban J connectivity index is 1.66. The van der Waals surface area contributed by atoms with Crippen LogP contribution in [0.5, 0.6) is 0 Å². The fourth-order valence-electron chi connectivity index (χ4n) is 3.18. The number of likely N-dealkylation sites (N-methyl/N-ethyl adjacent to an activating group) is 1. The van der Waals surface area contributed by atoms with E-state index in [2.05, 4.69) is 36.8 Å². The lowest BCUT2D eigenvalue weighted by molar-refractivity contribution is 0.270. The van der Waals surface area contributed by atoms with E-state index < -0.39 is 0 Å². The number of aryl methyl sites for hydroxylation is 1. The molecular weight excluding hydrogens is 348 g/mol. The van der Waals surface area contributed by atoms with E-state index in [9.17, 15) is 0 Å². The van der Waals surface area contributed by atoms with Crippen molar-refractivity contribution in [3.63, 3.8) is 0 Å². The Hall–Kier alpha value is -2.26. The molecule has 4 heterocycles. The number of fused-ring (bicyclic) bond motifs is 1. The van der Waals surface area contributed by atoms with Crippen molar-refractivity contribution in [1.29, 1.82) is 0 Å². The van der Waals surface area contributed by atoms with E-state index in [1.165, 1.54) is 11.8 Å². The standard InChI is InChI=1S/C17H22N8S/c1-4-23-7-9-24(10-8-23)15-18-6-5-14(20-15)13-11-19-16-21-17(26-3)22-25(16)12(13)2/h5-6,11H,4,7-10H2,1-3H3. The van der Waals surface area contributed by atoms with Crippen LogP contribution in [-0.4, -0.2) is 73.4 Å². The van der Waals surface area contributed by atoms with Crippen LogP contribution in [-0.2, 0) is 0 Å². The maximum atomic E-state index is 4.80. The van der Waals surface area contributed by atoms with Crippen LogP contribution in [0.1, 0.15) is 12.6 Å². The van der Waals surface area contributed by atoms with Crippen LogP contribution in [0.2, 0.25) is 0 Å². The van der Waals surface area contributed by atoms with Crippen LogP contribution in [0.4, 0.5) is 5.95 Å². The second-order valence-corrected chi connectivity index (χ2v) is 7.00. The molecule has 1 fully saturated rings. The minimum absolute atomic E-state index is 0.612. The van der Waals surface area contributed by atoms with Gasteiger partial charge >= 0.3 is 0 Å². The lowest BCUT2D eigenvalue weighted by Crippen LogP contribution is -2.46. The average Bonchev–Trinajstić information content (AvgIpc) is 3.13. The number of hydrogen-bond acceptors (Lipinski definition) is 8. The van der Waals surface area contributed by atoms with Crippen LogP contribution in [0, 0.1) is 6.92 Å². The number of rotatable bonds is 4. The summed E-state index contributed by atoms with van der Waals surface area (Å²) >= 11 is 1.51. The van der Waals surface area contributed by atoms with E-state index in [1.54, 1.807) is 4.52 Å². The van der Waals surface area contributed by atoms with E-state index in [0.29, 0.717) is 5.78 Å². The Labute approximate surface area is 156 Å². The molecule has 0 bridgehead atoms. The lowest BCUT2D eigenvalue weighted by Gasteiger charge is -2.34. The van der Waals surface area contributed by atoms with Crippen molar-refractivity contribution in [3.8, 4) is 11.3 Å². The fourth-order valence-corrected chi connectivity index (χ4v) is 3.51. The number of anilines is 1. The average molecular weight is 370 g/mol. The summed E-state index contributed by atoms with van der Waals surface area (Å²) in [6, 6.07) is 1.92. The van der Waals surface area contributed by atoms with Crippen LogP contribution >= 0.6 is 11.8 Å². The molecule has 0 atom stereocenters. The lowest BCUT2D eigenvalue weighted by atomic mass is 10.2. The van der Waals surface area contributed by atoms with Gasteiger partial charge in [0.25, 0.3) is 5.78 Å². The van der Waals surface area contributed by atoms with Gasteiger partial charge in [0, 0.05) is 44.1 Å². The maximum Gasteiger partial charge on any atom is 0.253 e. The van der Waals surface area contributed by atoms with E-state index in [-0.39, 0.29) is 0 Å².